The number of aromatic nitrogens is 3. The summed E-state index contributed by atoms with van der Waals surface area (Å²) in [5.74, 6) is -1.68. The van der Waals surface area contributed by atoms with E-state index in [2.05, 4.69) is 15.7 Å². The van der Waals surface area contributed by atoms with Crippen LogP contribution in [0, 0.1) is 12.7 Å². The maximum Gasteiger partial charge on any atom is 0.338 e. The Morgan fingerprint density at radius 1 is 1.18 bits per heavy atom. The summed E-state index contributed by atoms with van der Waals surface area (Å²) in [6, 6.07) is 8.29. The fraction of sp³-hybridized carbons (Fsp3) is 0.174. The lowest BCUT2D eigenvalue weighted by Crippen LogP contribution is -2.20. The lowest BCUT2D eigenvalue weighted by atomic mass is 10.2. The summed E-state index contributed by atoms with van der Waals surface area (Å²) in [4.78, 5) is 23.9. The largest absolute Gasteiger partial charge is 0.497 e. The molecule has 9 nitrogen and oxygen atoms in total. The minimum absolute atomic E-state index is 0.148. The van der Waals surface area contributed by atoms with Crippen LogP contribution in [0.2, 0.25) is 0 Å². The molecule has 170 valence electrons. The van der Waals surface area contributed by atoms with Crippen LogP contribution < -0.4 is 15.4 Å². The summed E-state index contributed by atoms with van der Waals surface area (Å²) < 4.78 is 22.8. The van der Waals surface area contributed by atoms with Crippen molar-refractivity contribution < 1.29 is 23.8 Å². The van der Waals surface area contributed by atoms with Crippen molar-refractivity contribution >= 4 is 34.3 Å². The van der Waals surface area contributed by atoms with Gasteiger partial charge in [-0.3, -0.25) is 4.68 Å². The number of ether oxygens (including phenoxy) is 1. The monoisotopic (exact) mass is 451 g/mol. The molecule has 0 fully saturated rings. The summed E-state index contributed by atoms with van der Waals surface area (Å²) in [5.41, 5.74) is 2.60. The Morgan fingerprint density at radius 3 is 2.64 bits per heavy atom. The van der Waals surface area contributed by atoms with E-state index >= 15 is 0 Å². The third-order valence-electron chi connectivity index (χ3n) is 5.31. The van der Waals surface area contributed by atoms with Gasteiger partial charge in [0, 0.05) is 29.5 Å². The van der Waals surface area contributed by atoms with Crippen molar-refractivity contribution in [3.05, 3.63) is 65.9 Å². The number of methoxy groups -OCH3 is 1. The third-order valence-corrected chi connectivity index (χ3v) is 5.31. The highest BCUT2D eigenvalue weighted by Gasteiger charge is 2.19. The molecule has 0 atom stereocenters. The van der Waals surface area contributed by atoms with E-state index in [1.54, 1.807) is 18.0 Å². The number of carboxylic acids is 1. The van der Waals surface area contributed by atoms with Gasteiger partial charge in [-0.15, -0.1) is 0 Å². The highest BCUT2D eigenvalue weighted by atomic mass is 19.1. The predicted octanol–water partition coefficient (Wildman–Crippen LogP) is 4.65. The Kier molecular flexibility index (Phi) is 5.74. The molecular weight excluding hydrogens is 429 g/mol. The van der Waals surface area contributed by atoms with Crippen LogP contribution in [0.4, 0.5) is 20.6 Å². The average Bonchev–Trinajstić information content (AvgIpc) is 3.37. The number of rotatable bonds is 6. The fourth-order valence-electron chi connectivity index (χ4n) is 3.70. The van der Waals surface area contributed by atoms with E-state index in [1.807, 2.05) is 42.8 Å². The Labute approximate surface area is 188 Å². The van der Waals surface area contributed by atoms with Gasteiger partial charge in [-0.1, -0.05) is 0 Å². The van der Waals surface area contributed by atoms with E-state index < -0.39 is 23.4 Å². The second-order valence-electron chi connectivity index (χ2n) is 7.31. The smallest absolute Gasteiger partial charge is 0.338 e. The Balaban J connectivity index is 1.72. The van der Waals surface area contributed by atoms with Crippen LogP contribution in [-0.4, -0.2) is 38.6 Å². The second kappa shape index (κ2) is 8.65. The van der Waals surface area contributed by atoms with E-state index in [-0.39, 0.29) is 5.69 Å². The number of carboxylic acid groups (broad SMARTS) is 1. The Hall–Kier alpha value is -4.34. The lowest BCUT2D eigenvalue weighted by molar-refractivity contribution is 0.0692. The molecule has 0 saturated heterocycles. The van der Waals surface area contributed by atoms with E-state index in [0.29, 0.717) is 11.4 Å². The SMILES string of the molecule is CCn1cc(-n2c(C)c(NC(=O)Nc3ccc(F)c(C(=O)O)c3)c3cc(OC)ccc32)cn1. The molecule has 4 rings (SSSR count). The van der Waals surface area contributed by atoms with E-state index in [0.717, 1.165) is 41.0 Å². The minimum Gasteiger partial charge on any atom is -0.497 e. The first kappa shape index (κ1) is 21.9. The molecule has 0 spiro atoms. The topological polar surface area (TPSA) is 110 Å². The van der Waals surface area contributed by atoms with Crippen LogP contribution in [0.5, 0.6) is 5.75 Å². The third kappa shape index (κ3) is 4.10. The number of urea groups is 1. The molecule has 10 heteroatoms. The number of carbonyl (C=O) groups is 2. The number of fused-ring (bicyclic) bond motifs is 1. The van der Waals surface area contributed by atoms with Crippen LogP contribution in [0.3, 0.4) is 0 Å². The number of nitrogens with zero attached hydrogens (tertiary/aromatic N) is 3. The molecule has 0 saturated carbocycles. The number of nitrogens with one attached hydrogen (secondary N) is 2. The van der Waals surface area contributed by atoms with Crippen LogP contribution in [-0.2, 0) is 6.54 Å². The van der Waals surface area contributed by atoms with Gasteiger partial charge in [-0.2, -0.15) is 5.10 Å². The molecule has 4 aromatic rings. The number of aryl methyl sites for hydroxylation is 1. The number of hydrogen-bond donors (Lipinski definition) is 3. The van der Waals surface area contributed by atoms with Crippen molar-refractivity contribution in [1.29, 1.82) is 0 Å². The number of aromatic carboxylic acids is 1. The van der Waals surface area contributed by atoms with Crippen LogP contribution in [0.15, 0.2) is 48.8 Å². The molecule has 2 aromatic heterocycles. The molecular formula is C23H22FN5O4. The first-order valence-electron chi connectivity index (χ1n) is 10.1. The molecule has 2 amide bonds. The van der Waals surface area contributed by atoms with E-state index in [9.17, 15) is 14.0 Å². The van der Waals surface area contributed by atoms with Crippen LogP contribution in [0.1, 0.15) is 23.0 Å². The molecule has 33 heavy (non-hydrogen) atoms. The molecule has 0 unspecified atom stereocenters. The van der Waals surface area contributed by atoms with Crippen molar-refractivity contribution in [2.75, 3.05) is 17.7 Å². The maximum atomic E-state index is 13.7. The zero-order chi connectivity index (χ0) is 23.7. The van der Waals surface area contributed by atoms with Gasteiger partial charge >= 0.3 is 12.0 Å². The number of carbonyl (C=O) groups excluding carboxylic acids is 1. The Morgan fingerprint density at radius 2 is 1.97 bits per heavy atom. The molecule has 3 N–H and O–H groups in total. The van der Waals surface area contributed by atoms with Gasteiger partial charge in [-0.25, -0.2) is 14.0 Å². The summed E-state index contributed by atoms with van der Waals surface area (Å²) in [6.45, 7) is 4.58. The number of halogens is 1. The second-order valence-corrected chi connectivity index (χ2v) is 7.31. The van der Waals surface area contributed by atoms with E-state index in [1.165, 1.54) is 6.07 Å². The molecule has 0 aliphatic heterocycles. The summed E-state index contributed by atoms with van der Waals surface area (Å²) >= 11 is 0. The summed E-state index contributed by atoms with van der Waals surface area (Å²) in [7, 11) is 1.56. The first-order chi connectivity index (χ1) is 15.8. The van der Waals surface area contributed by atoms with Crippen LogP contribution >= 0.6 is 0 Å². The number of amides is 2. The zero-order valence-corrected chi connectivity index (χ0v) is 18.2. The number of benzene rings is 2. The van der Waals surface area contributed by atoms with Gasteiger partial charge < -0.3 is 25.0 Å². The molecule has 0 aliphatic carbocycles. The van der Waals surface area contributed by atoms with Gasteiger partial charge in [0.05, 0.1) is 35.8 Å². The molecule has 0 radical (unpaired) electrons. The van der Waals surface area contributed by atoms with Gasteiger partial charge in [0.15, 0.2) is 0 Å². The summed E-state index contributed by atoms with van der Waals surface area (Å²) in [6.07, 6.45) is 3.66. The average molecular weight is 451 g/mol. The van der Waals surface area contributed by atoms with E-state index in [4.69, 9.17) is 9.84 Å². The standard InChI is InChI=1S/C23H22FN5O4/c1-4-28-12-15(11-25-28)29-13(2)21(18-10-16(33-3)6-8-20(18)29)27-23(32)26-14-5-7-19(24)17(9-14)22(30)31/h5-12H,4H2,1-3H3,(H,30,31)(H2,26,27,32). The van der Waals surface area contributed by atoms with Crippen molar-refractivity contribution in [3.8, 4) is 11.4 Å². The Bertz CT molecular complexity index is 1370. The number of anilines is 2. The van der Waals surface area contributed by atoms with Crippen molar-refractivity contribution in [1.82, 2.24) is 14.3 Å². The van der Waals surface area contributed by atoms with Crippen molar-refractivity contribution in [2.24, 2.45) is 0 Å². The first-order valence-corrected chi connectivity index (χ1v) is 10.1. The van der Waals surface area contributed by atoms with Crippen LogP contribution in [0.25, 0.3) is 16.6 Å². The molecule has 0 bridgehead atoms. The highest BCUT2D eigenvalue weighted by Crippen LogP contribution is 2.35. The lowest BCUT2D eigenvalue weighted by Gasteiger charge is -2.10. The normalized spacial score (nSPS) is 10.9. The quantitative estimate of drug-likeness (QED) is 0.395. The molecule has 2 aromatic carbocycles. The van der Waals surface area contributed by atoms with Crippen molar-refractivity contribution in [2.45, 2.75) is 20.4 Å². The molecule has 0 aliphatic rings. The fourth-order valence-corrected chi connectivity index (χ4v) is 3.70. The van der Waals surface area contributed by atoms with Gasteiger partial charge in [0.2, 0.25) is 0 Å². The zero-order valence-electron chi connectivity index (χ0n) is 18.2. The molecule has 2 heterocycles. The van der Waals surface area contributed by atoms with Gasteiger partial charge in [0.25, 0.3) is 0 Å². The highest BCUT2D eigenvalue weighted by molar-refractivity contribution is 6.08. The van der Waals surface area contributed by atoms with Crippen molar-refractivity contribution in [3.63, 3.8) is 0 Å². The maximum absolute atomic E-state index is 13.7. The minimum atomic E-state index is -1.42. The van der Waals surface area contributed by atoms with Gasteiger partial charge in [0.1, 0.15) is 11.6 Å². The predicted molar refractivity (Wildman–Crippen MR) is 122 cm³/mol. The summed E-state index contributed by atoms with van der Waals surface area (Å²) in [5, 5.41) is 19.6. The van der Waals surface area contributed by atoms with Gasteiger partial charge in [-0.05, 0) is 50.2 Å². The number of hydrogen-bond acceptors (Lipinski definition) is 4.